The molecule has 0 saturated carbocycles. The molecule has 0 aromatic rings. The Labute approximate surface area is 60.9 Å². The Morgan fingerprint density at radius 2 is 2.33 bits per heavy atom. The summed E-state index contributed by atoms with van der Waals surface area (Å²) in [7, 11) is 1.93. The van der Waals surface area contributed by atoms with Crippen LogP contribution in [0.4, 0.5) is 0 Å². The van der Waals surface area contributed by atoms with Gasteiger partial charge in [0.05, 0.1) is 6.54 Å². The summed E-state index contributed by atoms with van der Waals surface area (Å²) < 4.78 is 0. The van der Waals surface area contributed by atoms with Crippen molar-refractivity contribution in [3.63, 3.8) is 0 Å². The number of halogens is 1. The van der Waals surface area contributed by atoms with Crippen molar-refractivity contribution in [2.24, 2.45) is 0 Å². The van der Waals surface area contributed by atoms with E-state index in [1.807, 2.05) is 18.0 Å². The standard InChI is InChI=1S/C6H9NO.ClH/c1-7-4-2-3-6(8)5-7;/h2-3H,4-5H2,1H3;1H. The van der Waals surface area contributed by atoms with Crippen LogP contribution in [0, 0.1) is 0 Å². The molecule has 0 atom stereocenters. The van der Waals surface area contributed by atoms with Crippen molar-refractivity contribution in [2.45, 2.75) is 0 Å². The first-order chi connectivity index (χ1) is 3.79. The minimum absolute atomic E-state index is 0. The van der Waals surface area contributed by atoms with Crippen molar-refractivity contribution in [2.75, 3.05) is 20.1 Å². The van der Waals surface area contributed by atoms with Gasteiger partial charge in [-0.3, -0.25) is 9.69 Å². The Morgan fingerprint density at radius 1 is 1.67 bits per heavy atom. The molecule has 2 nitrogen and oxygen atoms in total. The van der Waals surface area contributed by atoms with Gasteiger partial charge in [0.2, 0.25) is 0 Å². The third kappa shape index (κ3) is 2.63. The first-order valence-corrected chi connectivity index (χ1v) is 2.67. The molecule has 0 N–H and O–H groups in total. The van der Waals surface area contributed by atoms with Gasteiger partial charge in [0.25, 0.3) is 0 Å². The SMILES string of the molecule is CN1CC=CC(=O)C1.Cl. The fourth-order valence-electron chi connectivity index (χ4n) is 0.747. The zero-order valence-electron chi connectivity index (χ0n) is 5.33. The van der Waals surface area contributed by atoms with Gasteiger partial charge >= 0.3 is 0 Å². The van der Waals surface area contributed by atoms with Crippen LogP contribution >= 0.6 is 12.4 Å². The highest BCUT2D eigenvalue weighted by Crippen LogP contribution is 1.92. The third-order valence-electron chi connectivity index (χ3n) is 1.15. The lowest BCUT2D eigenvalue weighted by atomic mass is 10.2. The van der Waals surface area contributed by atoms with Gasteiger partial charge in [-0.2, -0.15) is 0 Å². The van der Waals surface area contributed by atoms with Gasteiger partial charge in [-0.15, -0.1) is 12.4 Å². The Morgan fingerprint density at radius 3 is 2.67 bits per heavy atom. The van der Waals surface area contributed by atoms with Crippen LogP contribution in [0.15, 0.2) is 12.2 Å². The molecule has 3 heteroatoms. The molecule has 0 radical (unpaired) electrons. The lowest BCUT2D eigenvalue weighted by Gasteiger charge is -2.14. The number of carbonyl (C=O) groups is 1. The number of carbonyl (C=O) groups excluding carboxylic acids is 1. The predicted octanol–water partition coefficient (Wildman–Crippen LogP) is 0.479. The third-order valence-corrected chi connectivity index (χ3v) is 1.15. The average molecular weight is 148 g/mol. The summed E-state index contributed by atoms with van der Waals surface area (Å²) in [6.45, 7) is 1.49. The maximum absolute atomic E-state index is 10.5. The van der Waals surface area contributed by atoms with E-state index in [9.17, 15) is 4.79 Å². The molecule has 0 fully saturated rings. The van der Waals surface area contributed by atoms with E-state index in [1.54, 1.807) is 6.08 Å². The molecule has 1 aliphatic rings. The molecule has 1 rings (SSSR count). The van der Waals surface area contributed by atoms with Gasteiger partial charge in [-0.1, -0.05) is 6.08 Å². The van der Waals surface area contributed by atoms with Gasteiger partial charge in [0, 0.05) is 6.54 Å². The summed E-state index contributed by atoms with van der Waals surface area (Å²) in [5, 5.41) is 0. The van der Waals surface area contributed by atoms with Gasteiger partial charge in [-0.05, 0) is 13.1 Å². The second-order valence-electron chi connectivity index (χ2n) is 2.07. The molecule has 0 bridgehead atoms. The van der Waals surface area contributed by atoms with Crippen LogP contribution < -0.4 is 0 Å². The minimum atomic E-state index is 0. The molecule has 0 aromatic carbocycles. The molecule has 9 heavy (non-hydrogen) atoms. The molecule has 52 valence electrons. The van der Waals surface area contributed by atoms with Crippen LogP contribution in [0.5, 0.6) is 0 Å². The zero-order chi connectivity index (χ0) is 5.98. The van der Waals surface area contributed by atoms with Gasteiger partial charge in [-0.25, -0.2) is 0 Å². The second-order valence-corrected chi connectivity index (χ2v) is 2.07. The average Bonchev–Trinajstić information content (AvgIpc) is 1.64. The summed E-state index contributed by atoms with van der Waals surface area (Å²) in [6, 6.07) is 0. The number of hydrogen-bond donors (Lipinski definition) is 0. The molecule has 1 heterocycles. The normalized spacial score (nSPS) is 19.4. The van der Waals surface area contributed by atoms with Gasteiger partial charge in [0.15, 0.2) is 5.78 Å². The quantitative estimate of drug-likeness (QED) is 0.497. The highest BCUT2D eigenvalue weighted by Gasteiger charge is 2.05. The smallest absolute Gasteiger partial charge is 0.169 e. The van der Waals surface area contributed by atoms with E-state index in [-0.39, 0.29) is 18.2 Å². The number of rotatable bonds is 0. The molecule has 0 unspecified atom stereocenters. The summed E-state index contributed by atoms with van der Waals surface area (Å²) >= 11 is 0. The summed E-state index contributed by atoms with van der Waals surface area (Å²) in [6.07, 6.45) is 3.52. The molecule has 0 saturated heterocycles. The van der Waals surface area contributed by atoms with Crippen LogP contribution in [0.25, 0.3) is 0 Å². The van der Waals surface area contributed by atoms with E-state index in [1.165, 1.54) is 0 Å². The van der Waals surface area contributed by atoms with Gasteiger partial charge < -0.3 is 0 Å². The van der Waals surface area contributed by atoms with E-state index in [0.29, 0.717) is 6.54 Å². The highest BCUT2D eigenvalue weighted by molar-refractivity contribution is 5.92. The fraction of sp³-hybridized carbons (Fsp3) is 0.500. The monoisotopic (exact) mass is 147 g/mol. The lowest BCUT2D eigenvalue weighted by molar-refractivity contribution is -0.115. The zero-order valence-corrected chi connectivity index (χ0v) is 6.15. The maximum atomic E-state index is 10.5. The largest absolute Gasteiger partial charge is 0.295 e. The maximum Gasteiger partial charge on any atom is 0.169 e. The molecule has 1 aliphatic heterocycles. The lowest BCUT2D eigenvalue weighted by Crippen LogP contribution is -2.28. The topological polar surface area (TPSA) is 20.3 Å². The van der Waals surface area contributed by atoms with Crippen molar-refractivity contribution in [1.82, 2.24) is 4.90 Å². The number of likely N-dealkylation sites (N-methyl/N-ethyl adjacent to an activating group) is 1. The second kappa shape index (κ2) is 3.64. The van der Waals surface area contributed by atoms with Crippen molar-refractivity contribution >= 4 is 18.2 Å². The molecule has 0 amide bonds. The van der Waals surface area contributed by atoms with Crippen LogP contribution in [0.2, 0.25) is 0 Å². The van der Waals surface area contributed by atoms with E-state index in [0.717, 1.165) is 6.54 Å². The minimum Gasteiger partial charge on any atom is -0.295 e. The van der Waals surface area contributed by atoms with Crippen molar-refractivity contribution in [3.05, 3.63) is 12.2 Å². The number of nitrogens with zero attached hydrogens (tertiary/aromatic N) is 1. The number of ketones is 1. The first kappa shape index (κ1) is 8.66. The molecule has 0 aliphatic carbocycles. The highest BCUT2D eigenvalue weighted by atomic mass is 35.5. The molecule has 0 aromatic heterocycles. The van der Waals surface area contributed by atoms with E-state index < -0.39 is 0 Å². The Bertz CT molecular complexity index is 133. The predicted molar refractivity (Wildman–Crippen MR) is 38.9 cm³/mol. The fourth-order valence-corrected chi connectivity index (χ4v) is 0.747. The molecular formula is C6H10ClNO. The van der Waals surface area contributed by atoms with E-state index in [4.69, 9.17) is 0 Å². The number of hydrogen-bond acceptors (Lipinski definition) is 2. The summed E-state index contributed by atoms with van der Waals surface area (Å²) in [4.78, 5) is 12.5. The van der Waals surface area contributed by atoms with E-state index >= 15 is 0 Å². The van der Waals surface area contributed by atoms with Gasteiger partial charge in [0.1, 0.15) is 0 Å². The van der Waals surface area contributed by atoms with Crippen molar-refractivity contribution in [3.8, 4) is 0 Å². The molecule has 0 spiro atoms. The van der Waals surface area contributed by atoms with E-state index in [2.05, 4.69) is 0 Å². The van der Waals surface area contributed by atoms with Crippen LogP contribution in [0.1, 0.15) is 0 Å². The Kier molecular flexibility index (Phi) is 3.50. The molecular weight excluding hydrogens is 138 g/mol. The van der Waals surface area contributed by atoms with Crippen LogP contribution in [0.3, 0.4) is 0 Å². The summed E-state index contributed by atoms with van der Waals surface area (Å²) in [5.74, 6) is 0.207. The Hall–Kier alpha value is -0.340. The van der Waals surface area contributed by atoms with Crippen LogP contribution in [-0.4, -0.2) is 30.8 Å². The van der Waals surface area contributed by atoms with Crippen molar-refractivity contribution < 1.29 is 4.79 Å². The van der Waals surface area contributed by atoms with Crippen molar-refractivity contribution in [1.29, 1.82) is 0 Å². The Balaban J connectivity index is 0.000000640. The first-order valence-electron chi connectivity index (χ1n) is 2.67. The van der Waals surface area contributed by atoms with Crippen LogP contribution in [-0.2, 0) is 4.79 Å². The summed E-state index contributed by atoms with van der Waals surface area (Å²) in [5.41, 5.74) is 0.